The molecule has 84 valence electrons. The molecule has 0 aromatic heterocycles. The molecule has 0 aromatic carbocycles. The van der Waals surface area contributed by atoms with Gasteiger partial charge in [-0.05, 0) is 18.6 Å². The van der Waals surface area contributed by atoms with Gasteiger partial charge in [-0.3, -0.25) is 4.99 Å². The average molecular weight is 217 g/mol. The van der Waals surface area contributed by atoms with Gasteiger partial charge in [0.15, 0.2) is 5.96 Å². The molecule has 0 heterocycles. The number of nitrogens with two attached hydrogens (primary N) is 1. The molecular weight excluding hydrogens is 194 g/mol. The largest absolute Gasteiger partial charge is 0.370 e. The molecule has 1 unspecified atom stereocenters. The number of hydrogen-bond acceptors (Lipinski definition) is 2. The lowest BCUT2D eigenvalue weighted by Gasteiger charge is -2.13. The molecule has 0 aromatic rings. The summed E-state index contributed by atoms with van der Waals surface area (Å²) in [4.78, 5) is 4.25. The quantitative estimate of drug-likeness (QED) is 0.526. The number of rotatable bonds is 6. The standard InChI is InChI=1S/C10H23N3S/c1-5-14-7-9(4)13-10(11)12-6-8(2)3/h8-9H,5-7H2,1-4H3,(H3,11,12,13). The second kappa shape index (κ2) is 7.97. The third-order valence-corrected chi connectivity index (χ3v) is 2.74. The number of guanidine groups is 1. The molecule has 0 bridgehead atoms. The summed E-state index contributed by atoms with van der Waals surface area (Å²) >= 11 is 1.91. The van der Waals surface area contributed by atoms with Crippen molar-refractivity contribution in [2.75, 3.05) is 18.1 Å². The summed E-state index contributed by atoms with van der Waals surface area (Å²) in [6, 6.07) is 0.399. The fraction of sp³-hybridized carbons (Fsp3) is 0.900. The lowest BCUT2D eigenvalue weighted by Crippen LogP contribution is -2.40. The van der Waals surface area contributed by atoms with Crippen LogP contribution in [0.3, 0.4) is 0 Å². The fourth-order valence-electron chi connectivity index (χ4n) is 0.915. The Labute approximate surface area is 91.9 Å². The molecule has 0 amide bonds. The molecule has 1 atom stereocenters. The Hall–Kier alpha value is -0.380. The first-order chi connectivity index (χ1) is 6.56. The van der Waals surface area contributed by atoms with Gasteiger partial charge in [0, 0.05) is 18.3 Å². The van der Waals surface area contributed by atoms with E-state index < -0.39 is 0 Å². The molecule has 4 heteroatoms. The lowest BCUT2D eigenvalue weighted by molar-refractivity contribution is 0.655. The van der Waals surface area contributed by atoms with Gasteiger partial charge >= 0.3 is 0 Å². The van der Waals surface area contributed by atoms with E-state index in [0.29, 0.717) is 17.9 Å². The van der Waals surface area contributed by atoms with Gasteiger partial charge in [0.2, 0.25) is 0 Å². The van der Waals surface area contributed by atoms with E-state index >= 15 is 0 Å². The fourth-order valence-corrected chi connectivity index (χ4v) is 1.59. The summed E-state index contributed by atoms with van der Waals surface area (Å²) < 4.78 is 0. The molecule has 0 spiro atoms. The van der Waals surface area contributed by atoms with Crippen molar-refractivity contribution >= 4 is 17.7 Å². The summed E-state index contributed by atoms with van der Waals surface area (Å²) in [7, 11) is 0. The van der Waals surface area contributed by atoms with Crippen LogP contribution in [0.4, 0.5) is 0 Å². The third kappa shape index (κ3) is 8.23. The molecule has 14 heavy (non-hydrogen) atoms. The minimum Gasteiger partial charge on any atom is -0.370 e. The van der Waals surface area contributed by atoms with Gasteiger partial charge in [-0.1, -0.05) is 20.8 Å². The summed E-state index contributed by atoms with van der Waals surface area (Å²) in [5.74, 6) is 3.36. The Morgan fingerprint density at radius 2 is 2.07 bits per heavy atom. The highest BCUT2D eigenvalue weighted by Gasteiger charge is 2.01. The van der Waals surface area contributed by atoms with Gasteiger partial charge in [-0.15, -0.1) is 0 Å². The van der Waals surface area contributed by atoms with Gasteiger partial charge in [-0.2, -0.15) is 11.8 Å². The maximum atomic E-state index is 5.72. The predicted molar refractivity (Wildman–Crippen MR) is 66.9 cm³/mol. The maximum Gasteiger partial charge on any atom is 0.188 e. The SMILES string of the molecule is CCSCC(C)NC(N)=NCC(C)C. The van der Waals surface area contributed by atoms with E-state index in [-0.39, 0.29) is 0 Å². The van der Waals surface area contributed by atoms with E-state index in [4.69, 9.17) is 5.73 Å². The van der Waals surface area contributed by atoms with Crippen LogP contribution < -0.4 is 11.1 Å². The second-order valence-corrected chi connectivity index (χ2v) is 5.14. The summed E-state index contributed by atoms with van der Waals surface area (Å²) in [6.45, 7) is 9.35. The van der Waals surface area contributed by atoms with Gasteiger partial charge < -0.3 is 11.1 Å². The van der Waals surface area contributed by atoms with Gasteiger partial charge in [0.05, 0.1) is 0 Å². The van der Waals surface area contributed by atoms with Crippen LogP contribution in [0.1, 0.15) is 27.7 Å². The van der Waals surface area contributed by atoms with Crippen molar-refractivity contribution in [2.24, 2.45) is 16.6 Å². The summed E-state index contributed by atoms with van der Waals surface area (Å²) in [6.07, 6.45) is 0. The Kier molecular flexibility index (Phi) is 7.76. The Morgan fingerprint density at radius 3 is 2.57 bits per heavy atom. The summed E-state index contributed by atoms with van der Waals surface area (Å²) in [5, 5.41) is 3.18. The molecule has 0 aliphatic heterocycles. The molecule has 0 fully saturated rings. The Balaban J connectivity index is 3.68. The van der Waals surface area contributed by atoms with E-state index in [1.165, 1.54) is 0 Å². The molecular formula is C10H23N3S. The molecule has 0 rings (SSSR count). The van der Waals surface area contributed by atoms with Gasteiger partial charge in [0.25, 0.3) is 0 Å². The molecule has 0 aliphatic rings. The number of thioether (sulfide) groups is 1. The monoisotopic (exact) mass is 217 g/mol. The number of nitrogens with one attached hydrogen (secondary N) is 1. The van der Waals surface area contributed by atoms with E-state index in [1.54, 1.807) is 0 Å². The molecule has 3 nitrogen and oxygen atoms in total. The normalized spacial score (nSPS) is 14.5. The molecule has 0 saturated carbocycles. The second-order valence-electron chi connectivity index (χ2n) is 3.82. The number of nitrogens with zero attached hydrogens (tertiary/aromatic N) is 1. The van der Waals surface area contributed by atoms with Crippen molar-refractivity contribution in [1.29, 1.82) is 0 Å². The van der Waals surface area contributed by atoms with Crippen LogP contribution in [-0.4, -0.2) is 30.1 Å². The highest BCUT2D eigenvalue weighted by atomic mass is 32.2. The first-order valence-corrected chi connectivity index (χ1v) is 6.35. The zero-order valence-corrected chi connectivity index (χ0v) is 10.5. The van der Waals surface area contributed by atoms with Crippen LogP contribution in [0.15, 0.2) is 4.99 Å². The van der Waals surface area contributed by atoms with Gasteiger partial charge in [0.1, 0.15) is 0 Å². The first-order valence-electron chi connectivity index (χ1n) is 5.20. The number of hydrogen-bond donors (Lipinski definition) is 2. The van der Waals surface area contributed by atoms with E-state index in [9.17, 15) is 0 Å². The van der Waals surface area contributed by atoms with Crippen molar-refractivity contribution in [2.45, 2.75) is 33.7 Å². The molecule has 0 radical (unpaired) electrons. The zero-order chi connectivity index (χ0) is 11.0. The number of aliphatic imine (C=N–C) groups is 1. The average Bonchev–Trinajstić information content (AvgIpc) is 2.11. The van der Waals surface area contributed by atoms with E-state index in [2.05, 4.69) is 38.0 Å². The van der Waals surface area contributed by atoms with Gasteiger partial charge in [-0.25, -0.2) is 0 Å². The molecule has 0 saturated heterocycles. The predicted octanol–water partition coefficient (Wildman–Crippen LogP) is 1.69. The van der Waals surface area contributed by atoms with Crippen LogP contribution in [0.5, 0.6) is 0 Å². The highest BCUT2D eigenvalue weighted by Crippen LogP contribution is 2.00. The van der Waals surface area contributed by atoms with Crippen LogP contribution in [-0.2, 0) is 0 Å². The van der Waals surface area contributed by atoms with Crippen LogP contribution in [0.25, 0.3) is 0 Å². The smallest absolute Gasteiger partial charge is 0.188 e. The highest BCUT2D eigenvalue weighted by molar-refractivity contribution is 7.99. The van der Waals surface area contributed by atoms with E-state index in [0.717, 1.165) is 18.1 Å². The lowest BCUT2D eigenvalue weighted by atomic mass is 10.2. The Morgan fingerprint density at radius 1 is 1.43 bits per heavy atom. The van der Waals surface area contributed by atoms with Crippen molar-refractivity contribution in [3.05, 3.63) is 0 Å². The van der Waals surface area contributed by atoms with Crippen LogP contribution in [0, 0.1) is 5.92 Å². The molecule has 0 aliphatic carbocycles. The van der Waals surface area contributed by atoms with Crippen LogP contribution >= 0.6 is 11.8 Å². The van der Waals surface area contributed by atoms with Crippen LogP contribution in [0.2, 0.25) is 0 Å². The van der Waals surface area contributed by atoms with Crippen molar-refractivity contribution in [1.82, 2.24) is 5.32 Å². The maximum absolute atomic E-state index is 5.72. The first kappa shape index (κ1) is 13.6. The minimum atomic E-state index is 0.399. The van der Waals surface area contributed by atoms with Crippen molar-refractivity contribution in [3.63, 3.8) is 0 Å². The molecule has 3 N–H and O–H groups in total. The van der Waals surface area contributed by atoms with Crippen molar-refractivity contribution in [3.8, 4) is 0 Å². The topological polar surface area (TPSA) is 50.4 Å². The Bertz CT molecular complexity index is 169. The zero-order valence-electron chi connectivity index (χ0n) is 9.71. The summed E-state index contributed by atoms with van der Waals surface area (Å²) in [5.41, 5.74) is 5.72. The van der Waals surface area contributed by atoms with Crippen molar-refractivity contribution < 1.29 is 0 Å². The minimum absolute atomic E-state index is 0.399. The third-order valence-electron chi connectivity index (χ3n) is 1.59. The van der Waals surface area contributed by atoms with E-state index in [1.807, 2.05) is 11.8 Å².